The van der Waals surface area contributed by atoms with E-state index in [-0.39, 0.29) is 5.91 Å². The number of nitrogens with zero attached hydrogens (tertiary/aromatic N) is 3. The summed E-state index contributed by atoms with van der Waals surface area (Å²) >= 11 is 0. The van der Waals surface area contributed by atoms with Gasteiger partial charge in [0.2, 0.25) is 0 Å². The van der Waals surface area contributed by atoms with Gasteiger partial charge in [0.1, 0.15) is 12.0 Å². The second kappa shape index (κ2) is 15.0. The van der Waals surface area contributed by atoms with Crippen LogP contribution < -0.4 is 20.1 Å². The molecule has 42 heavy (non-hydrogen) atoms. The molecule has 3 N–H and O–H groups in total. The molecule has 0 aliphatic heterocycles. The molecule has 4 aromatic rings. The van der Waals surface area contributed by atoms with E-state index in [9.17, 15) is 13.8 Å². The first-order chi connectivity index (χ1) is 20.4. The summed E-state index contributed by atoms with van der Waals surface area (Å²) in [4.78, 5) is 35.3. The smallest absolute Gasteiger partial charge is 0.251 e. The summed E-state index contributed by atoms with van der Waals surface area (Å²) in [6, 6.07) is 19.8. The van der Waals surface area contributed by atoms with E-state index in [4.69, 9.17) is 14.7 Å². The summed E-state index contributed by atoms with van der Waals surface area (Å²) < 4.78 is 21.8. The molecule has 0 aliphatic carbocycles. The van der Waals surface area contributed by atoms with Crippen LogP contribution in [0.1, 0.15) is 35.2 Å². The number of amides is 1. The molecule has 0 bridgehead atoms. The predicted octanol–water partition coefficient (Wildman–Crippen LogP) is 4.86. The van der Waals surface area contributed by atoms with E-state index in [1.165, 1.54) is 0 Å². The van der Waals surface area contributed by atoms with E-state index in [2.05, 4.69) is 20.3 Å². The Morgan fingerprint density at radius 2 is 1.71 bits per heavy atom. The summed E-state index contributed by atoms with van der Waals surface area (Å²) in [7, 11) is 1.87. The fourth-order valence-corrected chi connectivity index (χ4v) is 5.13. The summed E-state index contributed by atoms with van der Waals surface area (Å²) in [5, 5.41) is 6.24. The van der Waals surface area contributed by atoms with Crippen molar-refractivity contribution in [3.63, 3.8) is 0 Å². The lowest BCUT2D eigenvalue weighted by atomic mass is 10.2. The number of fused-ring (bicyclic) bond motifs is 1. The number of aldehydes is 1. The van der Waals surface area contributed by atoms with Crippen molar-refractivity contribution in [2.75, 3.05) is 43.8 Å². The van der Waals surface area contributed by atoms with Gasteiger partial charge in [0.05, 0.1) is 23.0 Å². The Labute approximate surface area is 248 Å². The number of methoxy groups -OCH3 is 1. The van der Waals surface area contributed by atoms with Gasteiger partial charge in [-0.3, -0.25) is 9.52 Å². The van der Waals surface area contributed by atoms with Gasteiger partial charge in [0, 0.05) is 30.3 Å². The van der Waals surface area contributed by atoms with Crippen LogP contribution in [0.25, 0.3) is 11.0 Å². The van der Waals surface area contributed by atoms with Crippen LogP contribution in [0.5, 0.6) is 5.75 Å². The molecule has 220 valence electrons. The largest absolute Gasteiger partial charge is 0.497 e. The van der Waals surface area contributed by atoms with Crippen molar-refractivity contribution in [2.45, 2.75) is 31.1 Å². The van der Waals surface area contributed by atoms with Gasteiger partial charge in [-0.25, -0.2) is 14.2 Å². The first kappa shape index (κ1) is 30.6. The standard InChI is InChI=1S/C31H36N6O4S/c1-22-14-15-24(41-3)21-28(22)35-29-30(34-27-13-5-4-12-26(27)33-29)36-42(40)25-11-8-10-23(20-25)31(39)32-16-9-18-37(2)17-6-7-19-38/h4-5,8,10-15,19-21H,6-7,9,16-18H2,1-3H3,(H,32,39)(H,33,35)(H,34,36). The molecule has 0 saturated heterocycles. The third-order valence-corrected chi connectivity index (χ3v) is 7.69. The first-order valence-electron chi connectivity index (χ1n) is 13.7. The molecule has 0 aliphatic rings. The number of carbonyl (C=O) groups excluding carboxylic acids is 2. The van der Waals surface area contributed by atoms with Crippen molar-refractivity contribution in [2.24, 2.45) is 0 Å². The number of anilines is 3. The number of hydrogen-bond donors (Lipinski definition) is 3. The molecule has 10 nitrogen and oxygen atoms in total. The highest BCUT2D eigenvalue weighted by Crippen LogP contribution is 2.30. The van der Waals surface area contributed by atoms with E-state index >= 15 is 0 Å². The Morgan fingerprint density at radius 1 is 0.976 bits per heavy atom. The van der Waals surface area contributed by atoms with Crippen LogP contribution >= 0.6 is 0 Å². The van der Waals surface area contributed by atoms with Crippen molar-refractivity contribution < 1.29 is 18.5 Å². The van der Waals surface area contributed by atoms with Crippen molar-refractivity contribution >= 4 is 51.5 Å². The summed E-state index contributed by atoms with van der Waals surface area (Å²) in [6.07, 6.45) is 3.09. The van der Waals surface area contributed by atoms with Crippen molar-refractivity contribution in [3.8, 4) is 5.75 Å². The number of carbonyl (C=O) groups is 2. The number of benzene rings is 3. The summed E-state index contributed by atoms with van der Waals surface area (Å²) in [6.45, 7) is 4.12. The minimum Gasteiger partial charge on any atom is -0.497 e. The lowest BCUT2D eigenvalue weighted by Gasteiger charge is -2.16. The Hall–Kier alpha value is -4.35. The second-order valence-electron chi connectivity index (χ2n) is 9.84. The normalized spacial score (nSPS) is 11.7. The lowest BCUT2D eigenvalue weighted by Crippen LogP contribution is -2.28. The van der Waals surface area contributed by atoms with E-state index in [0.29, 0.717) is 51.8 Å². The van der Waals surface area contributed by atoms with Crippen LogP contribution in [0.15, 0.2) is 71.6 Å². The first-order valence-corrected chi connectivity index (χ1v) is 14.9. The molecule has 3 aromatic carbocycles. The highest BCUT2D eigenvalue weighted by atomic mass is 32.2. The van der Waals surface area contributed by atoms with Crippen LogP contribution in [-0.4, -0.2) is 65.1 Å². The van der Waals surface area contributed by atoms with E-state index < -0.39 is 11.0 Å². The number of rotatable bonds is 15. The summed E-state index contributed by atoms with van der Waals surface area (Å²) in [5.41, 5.74) is 3.49. The lowest BCUT2D eigenvalue weighted by molar-refractivity contribution is -0.108. The van der Waals surface area contributed by atoms with Crippen molar-refractivity contribution in [3.05, 3.63) is 77.9 Å². The fourth-order valence-electron chi connectivity index (χ4n) is 4.26. The van der Waals surface area contributed by atoms with Gasteiger partial charge in [-0.1, -0.05) is 24.3 Å². The van der Waals surface area contributed by atoms with Crippen molar-refractivity contribution in [1.29, 1.82) is 0 Å². The number of aromatic nitrogens is 2. The number of para-hydroxylation sites is 2. The van der Waals surface area contributed by atoms with E-state index in [1.807, 2.05) is 56.4 Å². The zero-order valence-electron chi connectivity index (χ0n) is 24.1. The molecule has 4 rings (SSSR count). The zero-order valence-corrected chi connectivity index (χ0v) is 24.9. The monoisotopic (exact) mass is 588 g/mol. The van der Waals surface area contributed by atoms with Gasteiger partial charge in [0.25, 0.3) is 5.91 Å². The maximum atomic E-state index is 13.5. The fraction of sp³-hybridized carbons (Fsp3) is 0.290. The molecule has 1 atom stereocenters. The van der Waals surface area contributed by atoms with Crippen LogP contribution in [0.3, 0.4) is 0 Å². The van der Waals surface area contributed by atoms with Gasteiger partial charge < -0.3 is 25.1 Å². The highest BCUT2D eigenvalue weighted by Gasteiger charge is 2.16. The minimum atomic E-state index is -1.73. The number of unbranched alkanes of at least 4 members (excludes halogenated alkanes) is 1. The molecule has 0 radical (unpaired) electrons. The molecule has 11 heteroatoms. The van der Waals surface area contributed by atoms with Gasteiger partial charge in [-0.15, -0.1) is 0 Å². The second-order valence-corrected chi connectivity index (χ2v) is 11.0. The van der Waals surface area contributed by atoms with Crippen LogP contribution in [0.2, 0.25) is 0 Å². The Bertz CT molecular complexity index is 1560. The van der Waals surface area contributed by atoms with Crippen LogP contribution in [0, 0.1) is 6.92 Å². The summed E-state index contributed by atoms with van der Waals surface area (Å²) in [5.74, 6) is 1.16. The Morgan fingerprint density at radius 3 is 2.45 bits per heavy atom. The van der Waals surface area contributed by atoms with E-state index in [1.54, 1.807) is 31.4 Å². The molecule has 1 unspecified atom stereocenters. The molecule has 0 spiro atoms. The SMILES string of the molecule is COc1ccc(C)c(Nc2nc3ccccc3nc2NS(=O)c2cccc(C(=O)NCCCN(C)CCCC=O)c2)c1. The maximum Gasteiger partial charge on any atom is 0.251 e. The Balaban J connectivity index is 1.46. The third kappa shape index (κ3) is 8.34. The van der Waals surface area contributed by atoms with Crippen LogP contribution in [-0.2, 0) is 15.8 Å². The molecule has 1 amide bonds. The predicted molar refractivity (Wildman–Crippen MR) is 167 cm³/mol. The van der Waals surface area contributed by atoms with Crippen LogP contribution in [0.4, 0.5) is 17.3 Å². The van der Waals surface area contributed by atoms with Gasteiger partial charge in [-0.2, -0.15) is 0 Å². The van der Waals surface area contributed by atoms with Crippen molar-refractivity contribution in [1.82, 2.24) is 20.2 Å². The molecule has 0 saturated carbocycles. The number of ether oxygens (including phenoxy) is 1. The molecule has 0 fully saturated rings. The molecule has 1 heterocycles. The Kier molecular flexibility index (Phi) is 11.0. The molecule has 1 aromatic heterocycles. The van der Waals surface area contributed by atoms with E-state index in [0.717, 1.165) is 43.5 Å². The maximum absolute atomic E-state index is 13.5. The quantitative estimate of drug-likeness (QED) is 0.133. The topological polar surface area (TPSA) is 126 Å². The molecular formula is C31H36N6O4S. The number of aryl methyl sites for hydroxylation is 1. The highest BCUT2D eigenvalue weighted by molar-refractivity contribution is 7.86. The number of hydrogen-bond acceptors (Lipinski definition) is 8. The van der Waals surface area contributed by atoms with Gasteiger partial charge >= 0.3 is 0 Å². The zero-order chi connectivity index (χ0) is 29.9. The molecular weight excluding hydrogens is 552 g/mol. The average Bonchev–Trinajstić information content (AvgIpc) is 3.00. The van der Waals surface area contributed by atoms with Gasteiger partial charge in [-0.05, 0) is 81.9 Å². The van der Waals surface area contributed by atoms with Gasteiger partial charge in [0.15, 0.2) is 22.6 Å². The number of nitrogens with one attached hydrogen (secondary N) is 3. The average molecular weight is 589 g/mol. The minimum absolute atomic E-state index is 0.237. The third-order valence-electron chi connectivity index (χ3n) is 6.63.